The van der Waals surface area contributed by atoms with E-state index in [1.807, 2.05) is 13.1 Å². The Hall–Kier alpha value is -1.46. The highest BCUT2D eigenvalue weighted by Crippen LogP contribution is 2.64. The van der Waals surface area contributed by atoms with Gasteiger partial charge in [0.15, 0.2) is 5.78 Å². The molecular weight excluding hydrogens is 434 g/mol. The van der Waals surface area contributed by atoms with Crippen molar-refractivity contribution in [3.8, 4) is 0 Å². The van der Waals surface area contributed by atoms with Crippen LogP contribution in [0, 0.1) is 40.9 Å². The molecule has 8 atom stereocenters. The molecule has 0 radical (unpaired) electrons. The van der Waals surface area contributed by atoms with Crippen LogP contribution in [0.5, 0.6) is 0 Å². The molecule has 5 nitrogen and oxygen atoms in total. The molecule has 0 aromatic carbocycles. The van der Waals surface area contributed by atoms with Crippen molar-refractivity contribution in [3.05, 3.63) is 23.6 Å². The summed E-state index contributed by atoms with van der Waals surface area (Å²) in [6.45, 7) is 4.80. The van der Waals surface area contributed by atoms with Crippen LogP contribution in [0.1, 0.15) is 71.6 Å². The standard InChI is InChI=1S/C27H36ClN3O2/c1-26(33)9-7-18-16(12-26)3-4-20-19(18)8-10-27(2)21(20)5-6-22(27)24(32)15-31-14-17-11-25(28)29-13-23(17)30-31/h11,13-14,16,18-22,33H,3-10,12,15H2,1-2H3/t16-,18+,19-,20-,21+,22-,26-,27+/m1/s1. The van der Waals surface area contributed by atoms with Crippen LogP contribution in [0.3, 0.4) is 0 Å². The molecule has 4 saturated carbocycles. The molecule has 33 heavy (non-hydrogen) atoms. The average Bonchev–Trinajstić information content (AvgIpc) is 3.32. The number of carbonyl (C=O) groups is 1. The summed E-state index contributed by atoms with van der Waals surface area (Å²) in [6, 6.07) is 1.81. The molecule has 0 aliphatic heterocycles. The third kappa shape index (κ3) is 3.65. The van der Waals surface area contributed by atoms with Crippen molar-refractivity contribution in [2.45, 2.75) is 83.8 Å². The second kappa shape index (κ2) is 7.78. The second-order valence-electron chi connectivity index (χ2n) is 12.2. The fraction of sp³-hybridized carbons (Fsp3) is 0.741. The van der Waals surface area contributed by atoms with Crippen LogP contribution in [-0.4, -0.2) is 31.3 Å². The summed E-state index contributed by atoms with van der Waals surface area (Å²) in [5.74, 6) is 4.23. The lowest BCUT2D eigenvalue weighted by Crippen LogP contribution is -2.51. The molecule has 0 unspecified atom stereocenters. The van der Waals surface area contributed by atoms with Crippen molar-refractivity contribution in [2.75, 3.05) is 0 Å². The van der Waals surface area contributed by atoms with E-state index in [0.717, 1.165) is 47.9 Å². The Labute approximate surface area is 201 Å². The van der Waals surface area contributed by atoms with Crippen LogP contribution in [0.25, 0.3) is 10.9 Å². The van der Waals surface area contributed by atoms with Crippen molar-refractivity contribution in [2.24, 2.45) is 40.9 Å². The number of Topliss-reactive ketones (excluding diaryl/α,β-unsaturated/α-hetero) is 1. The maximum Gasteiger partial charge on any atom is 0.157 e. The topological polar surface area (TPSA) is 68.0 Å². The lowest BCUT2D eigenvalue weighted by atomic mass is 9.49. The van der Waals surface area contributed by atoms with E-state index in [4.69, 9.17) is 11.6 Å². The Morgan fingerprint density at radius 2 is 1.94 bits per heavy atom. The van der Waals surface area contributed by atoms with E-state index in [1.165, 1.54) is 38.5 Å². The Morgan fingerprint density at radius 1 is 1.12 bits per heavy atom. The summed E-state index contributed by atoms with van der Waals surface area (Å²) in [5, 5.41) is 16.6. The number of aliphatic hydroxyl groups is 1. The zero-order valence-electron chi connectivity index (χ0n) is 19.8. The lowest BCUT2D eigenvalue weighted by Gasteiger charge is -2.56. The van der Waals surface area contributed by atoms with Crippen molar-refractivity contribution in [1.29, 1.82) is 0 Å². The monoisotopic (exact) mass is 469 g/mol. The van der Waals surface area contributed by atoms with Gasteiger partial charge in [-0.1, -0.05) is 18.5 Å². The Morgan fingerprint density at radius 3 is 2.79 bits per heavy atom. The maximum atomic E-state index is 13.5. The third-order valence-corrected chi connectivity index (χ3v) is 10.6. The van der Waals surface area contributed by atoms with E-state index >= 15 is 0 Å². The van der Waals surface area contributed by atoms with E-state index < -0.39 is 5.60 Å². The summed E-state index contributed by atoms with van der Waals surface area (Å²) in [5.41, 5.74) is 0.454. The number of carbonyl (C=O) groups excluding carboxylic acids is 1. The first-order valence-electron chi connectivity index (χ1n) is 13.0. The molecular formula is C27H36ClN3O2. The molecule has 0 saturated heterocycles. The van der Waals surface area contributed by atoms with Gasteiger partial charge in [-0.2, -0.15) is 5.10 Å². The van der Waals surface area contributed by atoms with Crippen LogP contribution in [0.2, 0.25) is 5.15 Å². The summed E-state index contributed by atoms with van der Waals surface area (Å²) in [6.07, 6.45) is 14.0. The molecule has 2 heterocycles. The fourth-order valence-electron chi connectivity index (χ4n) is 8.91. The molecule has 2 aromatic heterocycles. The summed E-state index contributed by atoms with van der Waals surface area (Å²) in [7, 11) is 0. The molecule has 178 valence electrons. The van der Waals surface area contributed by atoms with Gasteiger partial charge < -0.3 is 5.11 Å². The smallest absolute Gasteiger partial charge is 0.157 e. The van der Waals surface area contributed by atoms with Crippen LogP contribution in [0.15, 0.2) is 18.5 Å². The van der Waals surface area contributed by atoms with Gasteiger partial charge in [0.25, 0.3) is 0 Å². The molecule has 2 aromatic rings. The van der Waals surface area contributed by atoms with Crippen molar-refractivity contribution >= 4 is 28.3 Å². The lowest BCUT2D eigenvalue weighted by molar-refractivity contribution is -0.133. The van der Waals surface area contributed by atoms with Gasteiger partial charge in [0.2, 0.25) is 0 Å². The Bertz CT molecular complexity index is 1080. The Balaban J connectivity index is 1.18. The average molecular weight is 470 g/mol. The van der Waals surface area contributed by atoms with Crippen molar-refractivity contribution in [3.63, 3.8) is 0 Å². The molecule has 6 heteroatoms. The molecule has 4 aliphatic rings. The third-order valence-electron chi connectivity index (χ3n) is 10.3. The first-order chi connectivity index (χ1) is 15.7. The van der Waals surface area contributed by atoms with Gasteiger partial charge in [0.05, 0.1) is 18.3 Å². The van der Waals surface area contributed by atoms with E-state index in [-0.39, 0.29) is 11.3 Å². The number of fused-ring (bicyclic) bond motifs is 6. The summed E-state index contributed by atoms with van der Waals surface area (Å²) >= 11 is 6.02. The molecule has 0 bridgehead atoms. The number of hydrogen-bond donors (Lipinski definition) is 1. The largest absolute Gasteiger partial charge is 0.390 e. The highest BCUT2D eigenvalue weighted by atomic mass is 35.5. The highest BCUT2D eigenvalue weighted by molar-refractivity contribution is 6.30. The zero-order chi connectivity index (χ0) is 23.0. The number of aromatic nitrogens is 3. The molecule has 1 N–H and O–H groups in total. The van der Waals surface area contributed by atoms with Crippen LogP contribution >= 0.6 is 11.6 Å². The number of halogens is 1. The zero-order valence-corrected chi connectivity index (χ0v) is 20.6. The summed E-state index contributed by atoms with van der Waals surface area (Å²) < 4.78 is 1.78. The number of rotatable bonds is 3. The number of ketones is 1. The normalized spacial score (nSPS) is 42.5. The second-order valence-corrected chi connectivity index (χ2v) is 12.6. The van der Waals surface area contributed by atoms with Gasteiger partial charge in [-0.25, -0.2) is 4.98 Å². The van der Waals surface area contributed by atoms with E-state index in [2.05, 4.69) is 17.0 Å². The van der Waals surface area contributed by atoms with Crippen LogP contribution in [0.4, 0.5) is 0 Å². The van der Waals surface area contributed by atoms with Gasteiger partial charge >= 0.3 is 0 Å². The minimum atomic E-state index is -0.458. The van der Waals surface area contributed by atoms with Gasteiger partial charge in [-0.15, -0.1) is 0 Å². The first kappa shape index (κ1) is 22.0. The molecule has 0 spiro atoms. The number of hydrogen-bond acceptors (Lipinski definition) is 4. The Kier molecular flexibility index (Phi) is 5.19. The molecule has 4 fully saturated rings. The predicted molar refractivity (Wildman–Crippen MR) is 129 cm³/mol. The SMILES string of the molecule is C[C@@]1(O)CC[C@H]2[C@H](CC[C@@H]3[C@@H]2CC[C@]2(C)[C@@H](C(=O)Cn4cc5cc(Cl)ncc5n4)CC[C@@H]32)C1. The summed E-state index contributed by atoms with van der Waals surface area (Å²) in [4.78, 5) is 17.7. The van der Waals surface area contributed by atoms with Gasteiger partial charge in [0.1, 0.15) is 10.7 Å². The quantitative estimate of drug-likeness (QED) is 0.587. The van der Waals surface area contributed by atoms with E-state index in [0.29, 0.717) is 29.3 Å². The van der Waals surface area contributed by atoms with Gasteiger partial charge in [-0.3, -0.25) is 9.48 Å². The minimum Gasteiger partial charge on any atom is -0.390 e. The van der Waals surface area contributed by atoms with Crippen molar-refractivity contribution < 1.29 is 9.90 Å². The van der Waals surface area contributed by atoms with Crippen molar-refractivity contribution in [1.82, 2.24) is 14.8 Å². The fourth-order valence-corrected chi connectivity index (χ4v) is 9.08. The highest BCUT2D eigenvalue weighted by Gasteiger charge is 2.58. The first-order valence-corrected chi connectivity index (χ1v) is 13.4. The van der Waals surface area contributed by atoms with Crippen LogP contribution in [-0.2, 0) is 11.3 Å². The van der Waals surface area contributed by atoms with E-state index in [9.17, 15) is 9.90 Å². The number of pyridine rings is 1. The molecule has 4 aliphatic carbocycles. The molecule has 0 amide bonds. The van der Waals surface area contributed by atoms with Crippen LogP contribution < -0.4 is 0 Å². The minimum absolute atomic E-state index is 0.128. The maximum absolute atomic E-state index is 13.5. The van der Waals surface area contributed by atoms with E-state index in [1.54, 1.807) is 16.9 Å². The van der Waals surface area contributed by atoms with Gasteiger partial charge in [0, 0.05) is 17.5 Å². The predicted octanol–water partition coefficient (Wildman–Crippen LogP) is 5.67. The van der Waals surface area contributed by atoms with Gasteiger partial charge in [-0.05, 0) is 106 Å². The molecule has 6 rings (SSSR count). The number of nitrogens with zero attached hydrogens (tertiary/aromatic N) is 3.